The number of phenols is 1. The Bertz CT molecular complexity index is 1430. The monoisotopic (exact) mass is 476 g/mol. The Labute approximate surface area is 200 Å². The summed E-state index contributed by atoms with van der Waals surface area (Å²) in [6.07, 6.45) is 5.97. The number of aromatic hydroxyl groups is 1. The SMILES string of the molecule is CS(=O)c1cccc2c3c([nH]c12)[C@@H]1Oc2c(O)ccc4c2C12CCN(CC1CC1)[C@H](C4)[C@]2(O)C3. The highest BCUT2D eigenvalue weighted by atomic mass is 32.2. The molecule has 2 aliphatic heterocycles. The summed E-state index contributed by atoms with van der Waals surface area (Å²) in [7, 11) is -1.14. The lowest BCUT2D eigenvalue weighted by Crippen LogP contribution is -2.74. The van der Waals surface area contributed by atoms with Gasteiger partial charge in [0.1, 0.15) is 0 Å². The van der Waals surface area contributed by atoms with E-state index >= 15 is 0 Å². The van der Waals surface area contributed by atoms with E-state index in [1.165, 1.54) is 18.4 Å². The fourth-order valence-electron chi connectivity index (χ4n) is 7.86. The number of hydrogen-bond acceptors (Lipinski definition) is 5. The number of aliphatic hydroxyl groups is 1. The maximum atomic E-state index is 12.8. The van der Waals surface area contributed by atoms with Crippen molar-refractivity contribution in [2.75, 3.05) is 19.3 Å². The van der Waals surface area contributed by atoms with Crippen molar-refractivity contribution in [3.05, 3.63) is 52.7 Å². The zero-order chi connectivity index (χ0) is 23.0. The van der Waals surface area contributed by atoms with Crippen LogP contribution in [0.25, 0.3) is 10.9 Å². The van der Waals surface area contributed by atoms with Gasteiger partial charge >= 0.3 is 0 Å². The van der Waals surface area contributed by atoms with Crippen LogP contribution in [0.3, 0.4) is 0 Å². The molecule has 2 unspecified atom stereocenters. The van der Waals surface area contributed by atoms with Gasteiger partial charge in [0.2, 0.25) is 0 Å². The molecule has 7 heteroatoms. The van der Waals surface area contributed by atoms with Crippen LogP contribution in [-0.2, 0) is 29.1 Å². The predicted octanol–water partition coefficient (Wildman–Crippen LogP) is 3.31. The lowest BCUT2D eigenvalue weighted by Gasteiger charge is -2.62. The highest BCUT2D eigenvalue weighted by molar-refractivity contribution is 7.84. The summed E-state index contributed by atoms with van der Waals surface area (Å²) in [5, 5.41) is 24.7. The van der Waals surface area contributed by atoms with Gasteiger partial charge in [-0.3, -0.25) is 9.11 Å². The summed E-state index contributed by atoms with van der Waals surface area (Å²) in [5.41, 5.74) is 3.53. The van der Waals surface area contributed by atoms with Crippen LogP contribution in [-0.4, -0.2) is 55.3 Å². The quantitative estimate of drug-likeness (QED) is 0.540. The summed E-state index contributed by atoms with van der Waals surface area (Å²) >= 11 is 0. The lowest BCUT2D eigenvalue weighted by atomic mass is 9.49. The molecule has 1 saturated carbocycles. The minimum Gasteiger partial charge on any atom is -0.504 e. The number of nitrogens with zero attached hydrogens (tertiary/aromatic N) is 1. The molecule has 8 rings (SSSR count). The Balaban J connectivity index is 1.42. The Morgan fingerprint density at radius 3 is 2.91 bits per heavy atom. The molecular weight excluding hydrogens is 448 g/mol. The maximum absolute atomic E-state index is 12.8. The molecular formula is C27H28N2O4S. The highest BCUT2D eigenvalue weighted by Crippen LogP contribution is 2.69. The van der Waals surface area contributed by atoms with E-state index in [4.69, 9.17) is 4.74 Å². The molecule has 3 aromatic rings. The van der Waals surface area contributed by atoms with E-state index in [0.29, 0.717) is 12.2 Å². The first-order valence-corrected chi connectivity index (χ1v) is 13.9. The fourth-order valence-corrected chi connectivity index (χ4v) is 8.58. The number of benzene rings is 2. The van der Waals surface area contributed by atoms with Gasteiger partial charge in [0.05, 0.1) is 37.9 Å². The fraction of sp³-hybridized carbons (Fsp3) is 0.481. The van der Waals surface area contributed by atoms with Crippen LogP contribution < -0.4 is 4.74 Å². The number of H-pyrrole nitrogens is 1. The molecule has 2 fully saturated rings. The number of para-hydroxylation sites is 1. The van der Waals surface area contributed by atoms with Crippen LogP contribution in [0.1, 0.15) is 47.8 Å². The Morgan fingerprint density at radius 1 is 1.26 bits per heavy atom. The number of piperidine rings is 1. The molecule has 5 atom stereocenters. The largest absolute Gasteiger partial charge is 0.504 e. The van der Waals surface area contributed by atoms with E-state index < -0.39 is 27.9 Å². The van der Waals surface area contributed by atoms with Crippen molar-refractivity contribution in [1.82, 2.24) is 9.88 Å². The van der Waals surface area contributed by atoms with E-state index in [1.807, 2.05) is 18.2 Å². The lowest BCUT2D eigenvalue weighted by molar-refractivity contribution is -0.173. The van der Waals surface area contributed by atoms with Gasteiger partial charge in [-0.05, 0) is 61.4 Å². The Morgan fingerprint density at radius 2 is 2.12 bits per heavy atom. The number of ether oxygens (including phenoxy) is 1. The van der Waals surface area contributed by atoms with Crippen molar-refractivity contribution in [2.24, 2.45) is 5.92 Å². The third-order valence-electron chi connectivity index (χ3n) is 9.47. The molecule has 3 heterocycles. The first-order chi connectivity index (χ1) is 16.4. The van der Waals surface area contributed by atoms with E-state index in [1.54, 1.807) is 12.3 Å². The summed E-state index contributed by atoms with van der Waals surface area (Å²) in [6, 6.07) is 9.72. The molecule has 1 saturated heterocycles. The van der Waals surface area contributed by atoms with E-state index in [-0.39, 0.29) is 11.8 Å². The van der Waals surface area contributed by atoms with Crippen LogP contribution in [0.4, 0.5) is 0 Å². The number of likely N-dealkylation sites (tertiary alicyclic amines) is 1. The maximum Gasteiger partial charge on any atom is 0.166 e. The molecule has 5 aliphatic rings. The highest BCUT2D eigenvalue weighted by Gasteiger charge is 2.72. The summed E-state index contributed by atoms with van der Waals surface area (Å²) in [4.78, 5) is 6.92. The van der Waals surface area contributed by atoms with E-state index in [0.717, 1.165) is 64.5 Å². The normalized spacial score (nSPS) is 33.9. The molecule has 1 spiro atoms. The number of rotatable bonds is 3. The van der Waals surface area contributed by atoms with Crippen LogP contribution >= 0.6 is 0 Å². The number of fused-ring (bicyclic) bond motifs is 4. The zero-order valence-electron chi connectivity index (χ0n) is 19.1. The second-order valence-electron chi connectivity index (χ2n) is 11.1. The van der Waals surface area contributed by atoms with Crippen molar-refractivity contribution in [2.45, 2.75) is 60.2 Å². The van der Waals surface area contributed by atoms with Gasteiger partial charge in [-0.25, -0.2) is 0 Å². The summed E-state index contributed by atoms with van der Waals surface area (Å²) < 4.78 is 19.1. The first-order valence-electron chi connectivity index (χ1n) is 12.4. The second kappa shape index (κ2) is 6.25. The minimum atomic E-state index is -1.14. The van der Waals surface area contributed by atoms with Crippen LogP contribution in [0, 0.1) is 5.92 Å². The van der Waals surface area contributed by atoms with Crippen LogP contribution in [0.5, 0.6) is 11.5 Å². The Kier molecular flexibility index (Phi) is 3.66. The number of hydrogen-bond donors (Lipinski definition) is 3. The smallest absolute Gasteiger partial charge is 0.166 e. The van der Waals surface area contributed by atoms with Crippen LogP contribution in [0.15, 0.2) is 35.2 Å². The van der Waals surface area contributed by atoms with Crippen molar-refractivity contribution < 1.29 is 19.2 Å². The molecule has 2 aromatic carbocycles. The minimum absolute atomic E-state index is 0.0116. The molecule has 3 aliphatic carbocycles. The van der Waals surface area contributed by atoms with Gasteiger partial charge < -0.3 is 19.9 Å². The standard InChI is InChI=1S/C27H28N2O4S/c1-34(32)19-4-2-3-16-17-12-27(31)20-11-15-7-8-18(30)24-21(15)26(27,9-10-29(20)13-14-5-6-14)25(33-24)23(17)28-22(16)19/h2-4,7-8,14,20,25,28,30-31H,5-6,9-13H2,1H3/t20-,25+,26?,27-,34?/m1/s1. The number of aromatic nitrogens is 1. The van der Waals surface area contributed by atoms with Gasteiger partial charge in [0, 0.05) is 36.2 Å². The number of nitrogens with one attached hydrogen (secondary N) is 1. The molecule has 0 amide bonds. The van der Waals surface area contributed by atoms with Gasteiger partial charge in [-0.2, -0.15) is 0 Å². The molecule has 1 aromatic heterocycles. The topological polar surface area (TPSA) is 85.8 Å². The van der Waals surface area contributed by atoms with Gasteiger partial charge in [0.15, 0.2) is 17.6 Å². The average molecular weight is 477 g/mol. The van der Waals surface area contributed by atoms with Crippen molar-refractivity contribution in [3.8, 4) is 11.5 Å². The predicted molar refractivity (Wildman–Crippen MR) is 129 cm³/mol. The third-order valence-corrected chi connectivity index (χ3v) is 10.4. The third kappa shape index (κ3) is 2.18. The molecule has 6 nitrogen and oxygen atoms in total. The molecule has 3 N–H and O–H groups in total. The molecule has 2 bridgehead atoms. The van der Waals surface area contributed by atoms with E-state index in [2.05, 4.69) is 16.0 Å². The van der Waals surface area contributed by atoms with Gasteiger partial charge in [0.25, 0.3) is 0 Å². The van der Waals surface area contributed by atoms with Gasteiger partial charge in [-0.15, -0.1) is 0 Å². The van der Waals surface area contributed by atoms with Crippen molar-refractivity contribution in [3.63, 3.8) is 0 Å². The number of phenolic OH excluding ortho intramolecular Hbond substituents is 1. The van der Waals surface area contributed by atoms with Gasteiger partial charge in [-0.1, -0.05) is 18.2 Å². The zero-order valence-corrected chi connectivity index (χ0v) is 20.0. The molecule has 0 radical (unpaired) electrons. The average Bonchev–Trinajstić information content (AvgIpc) is 3.44. The molecule has 176 valence electrons. The van der Waals surface area contributed by atoms with Crippen molar-refractivity contribution in [1.29, 1.82) is 0 Å². The summed E-state index contributed by atoms with van der Waals surface area (Å²) in [6.45, 7) is 1.98. The Hall–Kier alpha value is -2.35. The van der Waals surface area contributed by atoms with E-state index in [9.17, 15) is 14.4 Å². The second-order valence-corrected chi connectivity index (χ2v) is 12.4. The van der Waals surface area contributed by atoms with Crippen LogP contribution in [0.2, 0.25) is 0 Å². The molecule has 34 heavy (non-hydrogen) atoms. The first kappa shape index (κ1) is 19.9. The number of aromatic amines is 1. The summed E-state index contributed by atoms with van der Waals surface area (Å²) in [5.74, 6) is 1.44. The van der Waals surface area contributed by atoms with Crippen molar-refractivity contribution >= 4 is 21.7 Å².